The zero-order valence-corrected chi connectivity index (χ0v) is 16.3. The van der Waals surface area contributed by atoms with Crippen LogP contribution in [0.3, 0.4) is 0 Å². The van der Waals surface area contributed by atoms with Gasteiger partial charge in [-0.15, -0.1) is 0 Å². The smallest absolute Gasteiger partial charge is 0.255 e. The van der Waals surface area contributed by atoms with Gasteiger partial charge in [-0.25, -0.2) is 4.39 Å². The van der Waals surface area contributed by atoms with E-state index in [9.17, 15) is 9.18 Å². The van der Waals surface area contributed by atoms with E-state index in [1.54, 1.807) is 18.3 Å². The zero-order chi connectivity index (χ0) is 20.1. The van der Waals surface area contributed by atoms with Gasteiger partial charge in [0.15, 0.2) is 11.6 Å². The van der Waals surface area contributed by atoms with Gasteiger partial charge in [-0.3, -0.25) is 9.48 Å². The van der Waals surface area contributed by atoms with Crippen molar-refractivity contribution in [3.8, 4) is 5.75 Å². The lowest BCUT2D eigenvalue weighted by Crippen LogP contribution is -2.27. The summed E-state index contributed by atoms with van der Waals surface area (Å²) in [5.41, 5.74) is 3.20. The number of methoxy groups -OCH3 is 1. The van der Waals surface area contributed by atoms with Crippen LogP contribution in [0, 0.1) is 5.82 Å². The second-order valence-electron chi connectivity index (χ2n) is 6.59. The molecular formula is C22H24FN3O2. The van der Waals surface area contributed by atoms with Crippen molar-refractivity contribution in [3.05, 3.63) is 82.9 Å². The van der Waals surface area contributed by atoms with E-state index in [4.69, 9.17) is 4.74 Å². The number of aromatic nitrogens is 2. The summed E-state index contributed by atoms with van der Waals surface area (Å²) < 4.78 is 20.7. The molecule has 2 aromatic carbocycles. The number of halogens is 1. The van der Waals surface area contributed by atoms with Crippen LogP contribution in [0.5, 0.6) is 5.75 Å². The molecule has 1 atom stereocenters. The summed E-state index contributed by atoms with van der Waals surface area (Å²) in [6, 6.07) is 14.3. The van der Waals surface area contributed by atoms with E-state index < -0.39 is 5.82 Å². The van der Waals surface area contributed by atoms with Crippen LogP contribution in [0.25, 0.3) is 0 Å². The minimum atomic E-state index is -0.453. The summed E-state index contributed by atoms with van der Waals surface area (Å²) in [6.45, 7) is 4.42. The first-order chi connectivity index (χ1) is 13.5. The van der Waals surface area contributed by atoms with Gasteiger partial charge in [0, 0.05) is 0 Å². The largest absolute Gasteiger partial charge is 0.494 e. The molecule has 6 heteroatoms. The molecule has 3 aromatic rings. The Kier molecular flexibility index (Phi) is 6.09. The van der Waals surface area contributed by atoms with Crippen LogP contribution in [0.4, 0.5) is 4.39 Å². The highest BCUT2D eigenvalue weighted by molar-refractivity contribution is 5.95. The third kappa shape index (κ3) is 4.22. The molecule has 146 valence electrons. The van der Waals surface area contributed by atoms with Gasteiger partial charge in [-0.05, 0) is 36.6 Å². The molecule has 0 fully saturated rings. The third-order valence-corrected chi connectivity index (χ3v) is 4.73. The molecule has 0 aliphatic carbocycles. The summed E-state index contributed by atoms with van der Waals surface area (Å²) in [4.78, 5) is 12.8. The molecule has 0 radical (unpaired) electrons. The molecule has 1 heterocycles. The van der Waals surface area contributed by atoms with Crippen molar-refractivity contribution in [1.29, 1.82) is 0 Å². The van der Waals surface area contributed by atoms with Crippen LogP contribution in [0.2, 0.25) is 0 Å². The lowest BCUT2D eigenvalue weighted by molar-refractivity contribution is 0.0938. The number of nitrogens with zero attached hydrogens (tertiary/aromatic N) is 2. The number of amides is 1. The van der Waals surface area contributed by atoms with Crippen LogP contribution < -0.4 is 10.1 Å². The highest BCUT2D eigenvalue weighted by Crippen LogP contribution is 2.22. The van der Waals surface area contributed by atoms with E-state index in [-0.39, 0.29) is 17.7 Å². The van der Waals surface area contributed by atoms with Crippen LogP contribution in [-0.4, -0.2) is 22.8 Å². The van der Waals surface area contributed by atoms with Crippen LogP contribution in [-0.2, 0) is 13.0 Å². The standard InChI is InChI=1S/C22H24FN3O2/c1-4-20-18(13-24-26(20)14-16-8-6-5-7-9-16)22(27)25-15(2)17-10-11-21(28-3)19(23)12-17/h5-13,15H,4,14H2,1-3H3,(H,25,27). The molecule has 0 spiro atoms. The van der Waals surface area contributed by atoms with Gasteiger partial charge in [0.05, 0.1) is 37.2 Å². The van der Waals surface area contributed by atoms with E-state index in [0.717, 1.165) is 11.3 Å². The fourth-order valence-corrected chi connectivity index (χ4v) is 3.18. The molecule has 1 amide bonds. The number of carbonyl (C=O) groups is 1. The molecule has 0 bridgehead atoms. The van der Waals surface area contributed by atoms with Crippen molar-refractivity contribution in [1.82, 2.24) is 15.1 Å². The Bertz CT molecular complexity index is 954. The first kappa shape index (κ1) is 19.6. The van der Waals surface area contributed by atoms with Gasteiger partial charge in [-0.1, -0.05) is 43.3 Å². The van der Waals surface area contributed by atoms with E-state index >= 15 is 0 Å². The average Bonchev–Trinajstić information content (AvgIpc) is 3.11. The summed E-state index contributed by atoms with van der Waals surface area (Å²) in [7, 11) is 1.42. The van der Waals surface area contributed by atoms with Crippen LogP contribution in [0.15, 0.2) is 54.7 Å². The van der Waals surface area contributed by atoms with Crippen molar-refractivity contribution in [2.75, 3.05) is 7.11 Å². The van der Waals surface area contributed by atoms with Crippen LogP contribution in [0.1, 0.15) is 47.1 Å². The van der Waals surface area contributed by atoms with Gasteiger partial charge in [0.1, 0.15) is 0 Å². The summed E-state index contributed by atoms with van der Waals surface area (Å²) in [5, 5.41) is 7.33. The zero-order valence-electron chi connectivity index (χ0n) is 16.3. The molecule has 1 unspecified atom stereocenters. The van der Waals surface area contributed by atoms with E-state index in [1.165, 1.54) is 13.2 Å². The summed E-state index contributed by atoms with van der Waals surface area (Å²) in [6.07, 6.45) is 2.28. The quantitative estimate of drug-likeness (QED) is 0.669. The maximum Gasteiger partial charge on any atom is 0.255 e. The van der Waals surface area contributed by atoms with Gasteiger partial charge >= 0.3 is 0 Å². The van der Waals surface area contributed by atoms with Gasteiger partial charge in [0.2, 0.25) is 0 Å². The monoisotopic (exact) mass is 381 g/mol. The van der Waals surface area contributed by atoms with Gasteiger partial charge in [0.25, 0.3) is 5.91 Å². The van der Waals surface area contributed by atoms with Crippen molar-refractivity contribution in [2.24, 2.45) is 0 Å². The number of carbonyl (C=O) groups excluding carboxylic acids is 1. The van der Waals surface area contributed by atoms with E-state index in [1.807, 2.05) is 48.9 Å². The summed E-state index contributed by atoms with van der Waals surface area (Å²) in [5.74, 6) is -0.497. The topological polar surface area (TPSA) is 56.1 Å². The molecule has 5 nitrogen and oxygen atoms in total. The Morgan fingerprint density at radius 3 is 2.64 bits per heavy atom. The maximum absolute atomic E-state index is 13.9. The SMILES string of the molecule is CCc1c(C(=O)NC(C)c2ccc(OC)c(F)c2)cnn1Cc1ccccc1. The molecule has 1 aromatic heterocycles. The van der Waals surface area contributed by atoms with Gasteiger partial charge in [-0.2, -0.15) is 5.10 Å². The fourth-order valence-electron chi connectivity index (χ4n) is 3.18. The molecular weight excluding hydrogens is 357 g/mol. The predicted molar refractivity (Wildman–Crippen MR) is 106 cm³/mol. The predicted octanol–water partition coefficient (Wildman–Crippen LogP) is 4.13. The molecule has 0 saturated carbocycles. The Balaban J connectivity index is 1.76. The highest BCUT2D eigenvalue weighted by atomic mass is 19.1. The number of rotatable bonds is 7. The van der Waals surface area contributed by atoms with E-state index in [0.29, 0.717) is 24.1 Å². The lowest BCUT2D eigenvalue weighted by atomic mass is 10.1. The highest BCUT2D eigenvalue weighted by Gasteiger charge is 2.19. The maximum atomic E-state index is 13.9. The molecule has 0 aliphatic rings. The average molecular weight is 381 g/mol. The second-order valence-corrected chi connectivity index (χ2v) is 6.59. The molecule has 0 aliphatic heterocycles. The summed E-state index contributed by atoms with van der Waals surface area (Å²) >= 11 is 0. The minimum absolute atomic E-state index is 0.178. The Morgan fingerprint density at radius 2 is 2.00 bits per heavy atom. The molecule has 1 N–H and O–H groups in total. The van der Waals surface area contributed by atoms with Crippen molar-refractivity contribution in [3.63, 3.8) is 0 Å². The number of benzene rings is 2. The fraction of sp³-hybridized carbons (Fsp3) is 0.273. The Labute approximate surface area is 164 Å². The lowest BCUT2D eigenvalue weighted by Gasteiger charge is -2.15. The first-order valence-corrected chi connectivity index (χ1v) is 9.26. The second kappa shape index (κ2) is 8.69. The Morgan fingerprint density at radius 1 is 1.25 bits per heavy atom. The van der Waals surface area contributed by atoms with Crippen molar-refractivity contribution >= 4 is 5.91 Å². The Hall–Kier alpha value is -3.15. The third-order valence-electron chi connectivity index (χ3n) is 4.73. The van der Waals surface area contributed by atoms with Crippen molar-refractivity contribution in [2.45, 2.75) is 32.9 Å². The number of hydrogen-bond acceptors (Lipinski definition) is 3. The number of ether oxygens (including phenoxy) is 1. The molecule has 28 heavy (non-hydrogen) atoms. The normalized spacial score (nSPS) is 11.9. The number of nitrogens with one attached hydrogen (secondary N) is 1. The number of hydrogen-bond donors (Lipinski definition) is 1. The van der Waals surface area contributed by atoms with E-state index in [2.05, 4.69) is 10.4 Å². The minimum Gasteiger partial charge on any atom is -0.494 e. The first-order valence-electron chi connectivity index (χ1n) is 9.26. The van der Waals surface area contributed by atoms with Crippen LogP contribution >= 0.6 is 0 Å². The van der Waals surface area contributed by atoms with Gasteiger partial charge < -0.3 is 10.1 Å². The molecule has 0 saturated heterocycles. The van der Waals surface area contributed by atoms with Crippen molar-refractivity contribution < 1.29 is 13.9 Å². The molecule has 3 rings (SSSR count).